The van der Waals surface area contributed by atoms with Crippen LogP contribution in [0, 0.1) is 0 Å². The molecule has 0 radical (unpaired) electrons. The number of ether oxygens (including phenoxy) is 2. The fraction of sp³-hybridized carbons (Fsp3) is 0.176. The number of sulfonamides is 1. The van der Waals surface area contributed by atoms with E-state index < -0.39 is 10.0 Å². The summed E-state index contributed by atoms with van der Waals surface area (Å²) in [4.78, 5) is 0.153. The van der Waals surface area contributed by atoms with Gasteiger partial charge in [-0.1, -0.05) is 12.1 Å². The van der Waals surface area contributed by atoms with Crippen molar-refractivity contribution in [2.75, 3.05) is 25.1 Å². The molecule has 2 rings (SSSR count). The summed E-state index contributed by atoms with van der Waals surface area (Å²) in [6.45, 7) is 3.79. The van der Waals surface area contributed by atoms with Crippen molar-refractivity contribution >= 4 is 31.6 Å². The van der Waals surface area contributed by atoms with Gasteiger partial charge in [-0.25, -0.2) is 8.42 Å². The first kappa shape index (κ1) is 18.4. The molecule has 0 heterocycles. The molecule has 0 fully saturated rings. The quantitative estimate of drug-likeness (QED) is 0.649. The molecule has 7 heteroatoms. The summed E-state index contributed by atoms with van der Waals surface area (Å²) in [6, 6.07) is 11.5. The van der Waals surface area contributed by atoms with E-state index in [-0.39, 0.29) is 11.4 Å². The van der Waals surface area contributed by atoms with Gasteiger partial charge in [0, 0.05) is 6.07 Å². The first-order chi connectivity index (χ1) is 11.4. The zero-order chi connectivity index (χ0) is 17.7. The minimum Gasteiger partial charge on any atom is -0.497 e. The predicted octanol–water partition coefficient (Wildman–Crippen LogP) is 3.85. The second-order valence-electron chi connectivity index (χ2n) is 4.82. The maximum atomic E-state index is 13.0. The van der Waals surface area contributed by atoms with Crippen LogP contribution in [0.5, 0.6) is 11.5 Å². The van der Waals surface area contributed by atoms with E-state index in [1.165, 1.54) is 36.7 Å². The third-order valence-corrected chi connectivity index (χ3v) is 5.76. The summed E-state index contributed by atoms with van der Waals surface area (Å²) in [7, 11) is -0.712. The van der Waals surface area contributed by atoms with Gasteiger partial charge in [0.2, 0.25) is 0 Å². The monoisotopic (exact) mass is 411 g/mol. The van der Waals surface area contributed by atoms with Crippen molar-refractivity contribution in [3.63, 3.8) is 0 Å². The molecule has 0 saturated heterocycles. The predicted molar refractivity (Wildman–Crippen MR) is 98.4 cm³/mol. The summed E-state index contributed by atoms with van der Waals surface area (Å²) in [5, 5.41) is 0. The Morgan fingerprint density at radius 2 is 1.92 bits per heavy atom. The molecule has 128 valence electrons. The Kier molecular flexibility index (Phi) is 5.90. The van der Waals surface area contributed by atoms with Gasteiger partial charge in [0.25, 0.3) is 10.0 Å². The third-order valence-electron chi connectivity index (χ3n) is 3.35. The number of hydrogen-bond donors (Lipinski definition) is 0. The average molecular weight is 412 g/mol. The lowest BCUT2D eigenvalue weighted by Crippen LogP contribution is -2.31. The zero-order valence-corrected chi connectivity index (χ0v) is 15.8. The Morgan fingerprint density at radius 3 is 2.50 bits per heavy atom. The van der Waals surface area contributed by atoms with Crippen molar-refractivity contribution < 1.29 is 17.9 Å². The molecule has 0 N–H and O–H groups in total. The molecule has 0 amide bonds. The molecule has 0 aliphatic carbocycles. The lowest BCUT2D eigenvalue weighted by atomic mass is 10.3. The van der Waals surface area contributed by atoms with Crippen LogP contribution in [0.3, 0.4) is 0 Å². The molecule has 0 spiro atoms. The second-order valence-corrected chi connectivity index (χ2v) is 7.54. The minimum atomic E-state index is -3.77. The molecule has 0 atom stereocenters. The molecular formula is C17H18BrNO4S. The number of anilines is 1. The van der Waals surface area contributed by atoms with Crippen molar-refractivity contribution in [3.8, 4) is 11.5 Å². The Balaban J connectivity index is 2.52. The SMILES string of the molecule is C=CCN(c1cccc(OC)c1)S(=O)(=O)c1ccc(OC)c(Br)c1. The van der Waals surface area contributed by atoms with E-state index >= 15 is 0 Å². The van der Waals surface area contributed by atoms with Crippen molar-refractivity contribution in [3.05, 3.63) is 59.6 Å². The number of hydrogen-bond acceptors (Lipinski definition) is 4. The zero-order valence-electron chi connectivity index (χ0n) is 13.4. The lowest BCUT2D eigenvalue weighted by Gasteiger charge is -2.23. The summed E-state index contributed by atoms with van der Waals surface area (Å²) in [6.07, 6.45) is 1.54. The normalized spacial score (nSPS) is 11.0. The highest BCUT2D eigenvalue weighted by molar-refractivity contribution is 9.10. The summed E-state index contributed by atoms with van der Waals surface area (Å²) in [5.41, 5.74) is 0.501. The van der Waals surface area contributed by atoms with Gasteiger partial charge in [0.1, 0.15) is 11.5 Å². The van der Waals surface area contributed by atoms with Crippen LogP contribution in [0.25, 0.3) is 0 Å². The van der Waals surface area contributed by atoms with E-state index in [4.69, 9.17) is 9.47 Å². The Morgan fingerprint density at radius 1 is 1.17 bits per heavy atom. The topological polar surface area (TPSA) is 55.8 Å². The van der Waals surface area contributed by atoms with Gasteiger partial charge in [-0.2, -0.15) is 0 Å². The van der Waals surface area contributed by atoms with Gasteiger partial charge in [-0.3, -0.25) is 4.31 Å². The van der Waals surface area contributed by atoms with Crippen LogP contribution < -0.4 is 13.8 Å². The van der Waals surface area contributed by atoms with E-state index in [0.717, 1.165) is 0 Å². The highest BCUT2D eigenvalue weighted by Crippen LogP contribution is 2.31. The van der Waals surface area contributed by atoms with E-state index in [1.807, 2.05) is 0 Å². The van der Waals surface area contributed by atoms with E-state index in [9.17, 15) is 8.42 Å². The molecule has 2 aromatic rings. The van der Waals surface area contributed by atoms with Crippen molar-refractivity contribution in [2.45, 2.75) is 4.90 Å². The van der Waals surface area contributed by atoms with Crippen LogP contribution in [0.4, 0.5) is 5.69 Å². The third kappa shape index (κ3) is 3.73. The summed E-state index contributed by atoms with van der Waals surface area (Å²) in [5.74, 6) is 1.14. The molecule has 2 aromatic carbocycles. The molecule has 0 unspecified atom stereocenters. The van der Waals surface area contributed by atoms with Crippen LogP contribution in [-0.4, -0.2) is 29.2 Å². The van der Waals surface area contributed by atoms with E-state index in [0.29, 0.717) is 21.7 Å². The van der Waals surface area contributed by atoms with Crippen LogP contribution in [0.2, 0.25) is 0 Å². The molecule has 0 aliphatic rings. The molecule has 5 nitrogen and oxygen atoms in total. The van der Waals surface area contributed by atoms with Gasteiger partial charge >= 0.3 is 0 Å². The Labute approximate surface area is 150 Å². The largest absolute Gasteiger partial charge is 0.497 e. The van der Waals surface area contributed by atoms with Crippen LogP contribution in [0.1, 0.15) is 0 Å². The molecule has 0 aliphatic heterocycles. The smallest absolute Gasteiger partial charge is 0.264 e. The maximum absolute atomic E-state index is 13.0. The van der Waals surface area contributed by atoms with Crippen LogP contribution in [-0.2, 0) is 10.0 Å². The van der Waals surface area contributed by atoms with E-state index in [2.05, 4.69) is 22.5 Å². The fourth-order valence-corrected chi connectivity index (χ4v) is 4.31. The van der Waals surface area contributed by atoms with E-state index in [1.54, 1.807) is 30.3 Å². The number of benzene rings is 2. The molecular weight excluding hydrogens is 394 g/mol. The van der Waals surface area contributed by atoms with Crippen molar-refractivity contribution in [1.29, 1.82) is 0 Å². The van der Waals surface area contributed by atoms with Gasteiger partial charge in [-0.15, -0.1) is 6.58 Å². The first-order valence-corrected chi connectivity index (χ1v) is 9.28. The summed E-state index contributed by atoms with van der Waals surface area (Å²) < 4.78 is 38.3. The fourth-order valence-electron chi connectivity index (χ4n) is 2.16. The molecule has 0 bridgehead atoms. The average Bonchev–Trinajstić information content (AvgIpc) is 2.59. The van der Waals surface area contributed by atoms with Crippen molar-refractivity contribution in [1.82, 2.24) is 0 Å². The van der Waals surface area contributed by atoms with Crippen molar-refractivity contribution in [2.24, 2.45) is 0 Å². The molecule has 24 heavy (non-hydrogen) atoms. The molecule has 0 saturated carbocycles. The highest BCUT2D eigenvalue weighted by atomic mass is 79.9. The van der Waals surface area contributed by atoms with Crippen LogP contribution >= 0.6 is 15.9 Å². The summed E-state index contributed by atoms with van der Waals surface area (Å²) >= 11 is 3.32. The Bertz CT molecular complexity index is 836. The first-order valence-electron chi connectivity index (χ1n) is 7.05. The van der Waals surface area contributed by atoms with Gasteiger partial charge in [0.05, 0.1) is 35.8 Å². The number of halogens is 1. The van der Waals surface area contributed by atoms with Gasteiger partial charge in [0.15, 0.2) is 0 Å². The second kappa shape index (κ2) is 7.72. The minimum absolute atomic E-state index is 0.138. The number of nitrogens with zero attached hydrogens (tertiary/aromatic N) is 1. The maximum Gasteiger partial charge on any atom is 0.264 e. The van der Waals surface area contributed by atoms with Gasteiger partial charge < -0.3 is 9.47 Å². The number of rotatable bonds is 7. The van der Waals surface area contributed by atoms with Crippen LogP contribution in [0.15, 0.2) is 64.5 Å². The van der Waals surface area contributed by atoms with Gasteiger partial charge in [-0.05, 0) is 46.3 Å². The Hall–Kier alpha value is -1.99. The number of methoxy groups -OCH3 is 2. The molecule has 0 aromatic heterocycles. The standard InChI is InChI=1S/C17H18BrNO4S/c1-4-10-19(13-6-5-7-14(11-13)22-2)24(20,21)15-8-9-17(23-3)16(18)12-15/h4-9,11-12H,1,10H2,2-3H3. The lowest BCUT2D eigenvalue weighted by molar-refractivity contribution is 0.411. The highest BCUT2D eigenvalue weighted by Gasteiger charge is 2.25.